The average molecular weight is 297 g/mol. The number of rotatable bonds is 7. The summed E-state index contributed by atoms with van der Waals surface area (Å²) in [6.07, 6.45) is 10.5. The fraction of sp³-hybridized carbons (Fsp3) is 0.941. The lowest BCUT2D eigenvalue weighted by molar-refractivity contribution is -0.145. The Labute approximate surface area is 128 Å². The Morgan fingerprint density at radius 1 is 1.10 bits per heavy atom. The van der Waals surface area contributed by atoms with Crippen molar-refractivity contribution in [2.45, 2.75) is 64.4 Å². The minimum Gasteiger partial charge on any atom is -0.480 e. The van der Waals surface area contributed by atoms with Gasteiger partial charge in [0.25, 0.3) is 0 Å². The number of likely N-dealkylation sites (tertiary alicyclic amines) is 1. The van der Waals surface area contributed by atoms with Gasteiger partial charge in [0.05, 0.1) is 6.10 Å². The zero-order valence-electron chi connectivity index (χ0n) is 13.4. The third kappa shape index (κ3) is 5.95. The fourth-order valence-electron chi connectivity index (χ4n) is 3.92. The molecule has 0 spiro atoms. The molecule has 0 radical (unpaired) electrons. The van der Waals surface area contributed by atoms with Crippen molar-refractivity contribution in [2.75, 3.05) is 26.2 Å². The summed E-state index contributed by atoms with van der Waals surface area (Å²) in [4.78, 5) is 13.1. The molecule has 4 nitrogen and oxygen atoms in total. The molecule has 1 aliphatic heterocycles. The number of nitrogens with zero attached hydrogens (tertiary/aromatic N) is 1. The third-order valence-electron chi connectivity index (χ3n) is 5.16. The Hall–Kier alpha value is -0.610. The summed E-state index contributed by atoms with van der Waals surface area (Å²) in [7, 11) is 0. The summed E-state index contributed by atoms with van der Waals surface area (Å²) >= 11 is 0. The molecule has 0 unspecified atom stereocenters. The van der Waals surface area contributed by atoms with E-state index in [-0.39, 0.29) is 12.7 Å². The van der Waals surface area contributed by atoms with Crippen LogP contribution >= 0.6 is 0 Å². The van der Waals surface area contributed by atoms with Crippen LogP contribution in [0.1, 0.15) is 58.3 Å². The van der Waals surface area contributed by atoms with Gasteiger partial charge in [-0.05, 0) is 37.5 Å². The van der Waals surface area contributed by atoms with Gasteiger partial charge in [0.2, 0.25) is 0 Å². The average Bonchev–Trinajstić information content (AvgIpc) is 2.49. The van der Waals surface area contributed by atoms with Gasteiger partial charge in [-0.3, -0.25) is 0 Å². The highest BCUT2D eigenvalue weighted by atomic mass is 16.5. The van der Waals surface area contributed by atoms with Crippen LogP contribution in [-0.2, 0) is 9.53 Å². The van der Waals surface area contributed by atoms with Gasteiger partial charge < -0.3 is 14.7 Å². The zero-order chi connectivity index (χ0) is 15.1. The number of aliphatic carboxylic acids is 1. The van der Waals surface area contributed by atoms with Gasteiger partial charge >= 0.3 is 5.97 Å². The molecule has 1 saturated carbocycles. The minimum atomic E-state index is -0.860. The fourth-order valence-corrected chi connectivity index (χ4v) is 3.92. The molecule has 2 fully saturated rings. The number of ether oxygens (including phenoxy) is 1. The summed E-state index contributed by atoms with van der Waals surface area (Å²) in [5, 5.41) is 8.64. The second-order valence-electron chi connectivity index (χ2n) is 6.88. The van der Waals surface area contributed by atoms with Gasteiger partial charge in [-0.15, -0.1) is 0 Å². The van der Waals surface area contributed by atoms with Crippen LogP contribution in [0.2, 0.25) is 0 Å². The predicted molar refractivity (Wildman–Crippen MR) is 83.4 cm³/mol. The monoisotopic (exact) mass is 297 g/mol. The molecular formula is C17H31NO3. The summed E-state index contributed by atoms with van der Waals surface area (Å²) in [5.74, 6) is 1.01. The molecule has 21 heavy (non-hydrogen) atoms. The molecule has 122 valence electrons. The normalized spacial score (nSPS) is 28.6. The van der Waals surface area contributed by atoms with Crippen molar-refractivity contribution in [3.63, 3.8) is 0 Å². The molecule has 0 atom stereocenters. The molecule has 2 aliphatic rings. The van der Waals surface area contributed by atoms with Crippen molar-refractivity contribution in [3.8, 4) is 0 Å². The molecule has 0 amide bonds. The van der Waals surface area contributed by atoms with Crippen molar-refractivity contribution in [1.29, 1.82) is 0 Å². The smallest absolute Gasteiger partial charge is 0.329 e. The maximum Gasteiger partial charge on any atom is 0.329 e. The SMILES string of the molecule is CCCC1CCC(CN2CCC(OCC(=O)O)CC2)CC1. The molecule has 0 aromatic heterocycles. The van der Waals surface area contributed by atoms with Crippen molar-refractivity contribution in [2.24, 2.45) is 11.8 Å². The first-order valence-electron chi connectivity index (χ1n) is 8.73. The lowest BCUT2D eigenvalue weighted by atomic mass is 9.80. The van der Waals surface area contributed by atoms with E-state index in [0.29, 0.717) is 0 Å². The number of piperidine rings is 1. The van der Waals surface area contributed by atoms with Crippen molar-refractivity contribution in [1.82, 2.24) is 4.90 Å². The molecule has 1 saturated heterocycles. The Kier molecular flexibility index (Phi) is 6.97. The van der Waals surface area contributed by atoms with E-state index in [1.807, 2.05) is 0 Å². The second-order valence-corrected chi connectivity index (χ2v) is 6.88. The molecule has 2 rings (SSSR count). The first kappa shape index (κ1) is 16.8. The van der Waals surface area contributed by atoms with Crippen LogP contribution in [0.25, 0.3) is 0 Å². The Morgan fingerprint density at radius 2 is 1.71 bits per heavy atom. The van der Waals surface area contributed by atoms with Gasteiger partial charge in [-0.25, -0.2) is 4.79 Å². The minimum absolute atomic E-state index is 0.147. The maximum absolute atomic E-state index is 10.5. The topological polar surface area (TPSA) is 49.8 Å². The maximum atomic E-state index is 10.5. The first-order chi connectivity index (χ1) is 10.2. The molecule has 4 heteroatoms. The van der Waals surface area contributed by atoms with E-state index in [4.69, 9.17) is 9.84 Å². The quantitative estimate of drug-likeness (QED) is 0.784. The summed E-state index contributed by atoms with van der Waals surface area (Å²) in [6.45, 7) is 5.53. The highest BCUT2D eigenvalue weighted by Crippen LogP contribution is 2.32. The van der Waals surface area contributed by atoms with Gasteiger partial charge in [0, 0.05) is 19.6 Å². The lowest BCUT2D eigenvalue weighted by Crippen LogP contribution is -2.40. The van der Waals surface area contributed by atoms with Crippen LogP contribution in [0.5, 0.6) is 0 Å². The molecule has 0 aromatic rings. The standard InChI is InChI=1S/C17H31NO3/c1-2-3-14-4-6-15(7-5-14)12-18-10-8-16(9-11-18)21-13-17(19)20/h14-16H,2-13H2,1H3,(H,19,20). The molecule has 1 N–H and O–H groups in total. The van der Waals surface area contributed by atoms with E-state index >= 15 is 0 Å². The van der Waals surface area contributed by atoms with Crippen LogP contribution in [0.15, 0.2) is 0 Å². The van der Waals surface area contributed by atoms with Crippen molar-refractivity contribution < 1.29 is 14.6 Å². The van der Waals surface area contributed by atoms with Gasteiger partial charge in [0.15, 0.2) is 0 Å². The highest BCUT2D eigenvalue weighted by molar-refractivity contribution is 5.68. The number of carboxylic acid groups (broad SMARTS) is 1. The summed E-state index contributed by atoms with van der Waals surface area (Å²) in [5.41, 5.74) is 0. The van der Waals surface area contributed by atoms with Crippen molar-refractivity contribution in [3.05, 3.63) is 0 Å². The van der Waals surface area contributed by atoms with E-state index in [1.165, 1.54) is 45.1 Å². The van der Waals surface area contributed by atoms with Gasteiger partial charge in [0.1, 0.15) is 6.61 Å². The number of hydrogen-bond donors (Lipinski definition) is 1. The number of carbonyl (C=O) groups is 1. The molecule has 1 heterocycles. The Balaban J connectivity index is 1.60. The second kappa shape index (κ2) is 8.74. The molecular weight excluding hydrogens is 266 g/mol. The van der Waals surface area contributed by atoms with Crippen molar-refractivity contribution >= 4 is 5.97 Å². The van der Waals surface area contributed by atoms with Crippen LogP contribution < -0.4 is 0 Å². The van der Waals surface area contributed by atoms with Crippen LogP contribution in [0, 0.1) is 11.8 Å². The zero-order valence-corrected chi connectivity index (χ0v) is 13.4. The summed E-state index contributed by atoms with van der Waals surface area (Å²) in [6, 6.07) is 0. The van der Waals surface area contributed by atoms with Gasteiger partial charge in [-0.1, -0.05) is 32.6 Å². The molecule has 0 aromatic carbocycles. The van der Waals surface area contributed by atoms with E-state index < -0.39 is 5.97 Å². The molecule has 0 bridgehead atoms. The molecule has 1 aliphatic carbocycles. The first-order valence-corrected chi connectivity index (χ1v) is 8.73. The number of carboxylic acids is 1. The van der Waals surface area contributed by atoms with Crippen LogP contribution in [0.3, 0.4) is 0 Å². The van der Waals surface area contributed by atoms with E-state index in [1.54, 1.807) is 0 Å². The summed E-state index contributed by atoms with van der Waals surface area (Å²) < 4.78 is 5.40. The largest absolute Gasteiger partial charge is 0.480 e. The van der Waals surface area contributed by atoms with Crippen LogP contribution in [0.4, 0.5) is 0 Å². The van der Waals surface area contributed by atoms with E-state index in [0.717, 1.165) is 37.8 Å². The van der Waals surface area contributed by atoms with Crippen LogP contribution in [-0.4, -0.2) is 48.3 Å². The third-order valence-corrected chi connectivity index (χ3v) is 5.16. The predicted octanol–water partition coefficient (Wildman–Crippen LogP) is 3.16. The Bertz CT molecular complexity index is 305. The highest BCUT2D eigenvalue weighted by Gasteiger charge is 2.25. The Morgan fingerprint density at radius 3 is 2.29 bits per heavy atom. The van der Waals surface area contributed by atoms with Gasteiger partial charge in [-0.2, -0.15) is 0 Å². The van der Waals surface area contributed by atoms with E-state index in [2.05, 4.69) is 11.8 Å². The van der Waals surface area contributed by atoms with E-state index in [9.17, 15) is 4.79 Å². The lowest BCUT2D eigenvalue weighted by Gasteiger charge is -2.36. The number of hydrogen-bond acceptors (Lipinski definition) is 3.